The van der Waals surface area contributed by atoms with E-state index in [4.69, 9.17) is 16.6 Å². The fourth-order valence-corrected chi connectivity index (χ4v) is 4.10. The summed E-state index contributed by atoms with van der Waals surface area (Å²) >= 11 is 5.99. The maximum absolute atomic E-state index is 13.3. The zero-order valence-corrected chi connectivity index (χ0v) is 20.6. The fourth-order valence-electron chi connectivity index (χ4n) is 3.91. The predicted molar refractivity (Wildman–Crippen MR) is 133 cm³/mol. The van der Waals surface area contributed by atoms with E-state index in [1.54, 1.807) is 24.3 Å². The summed E-state index contributed by atoms with van der Waals surface area (Å²) in [5.74, 6) is 1.48. The van der Waals surface area contributed by atoms with E-state index in [0.29, 0.717) is 35.4 Å². The second-order valence-corrected chi connectivity index (χ2v) is 9.64. The van der Waals surface area contributed by atoms with Gasteiger partial charge in [-0.25, -0.2) is 4.98 Å². The lowest BCUT2D eigenvalue weighted by atomic mass is 10.1. The SMILES string of the molecule is CC(C)CN(CC(C)C)C(=O)Cn1c(CCNC(=O)c2cccc(Cl)c2)nc2ccccc21. The van der Waals surface area contributed by atoms with Gasteiger partial charge in [-0.3, -0.25) is 9.59 Å². The van der Waals surface area contributed by atoms with Gasteiger partial charge in [0.1, 0.15) is 12.4 Å². The molecule has 0 saturated heterocycles. The minimum Gasteiger partial charge on any atom is -0.352 e. The Morgan fingerprint density at radius 1 is 1.03 bits per heavy atom. The third kappa shape index (κ3) is 6.81. The van der Waals surface area contributed by atoms with Gasteiger partial charge < -0.3 is 14.8 Å². The molecular weight excluding hydrogens is 436 g/mol. The van der Waals surface area contributed by atoms with Crippen molar-refractivity contribution in [3.05, 3.63) is 64.9 Å². The van der Waals surface area contributed by atoms with Crippen LogP contribution in [0.4, 0.5) is 0 Å². The van der Waals surface area contributed by atoms with E-state index in [1.807, 2.05) is 33.7 Å². The maximum atomic E-state index is 13.3. The number of fused-ring (bicyclic) bond motifs is 1. The minimum atomic E-state index is -0.184. The monoisotopic (exact) mass is 468 g/mol. The molecule has 3 rings (SSSR count). The van der Waals surface area contributed by atoms with Crippen LogP contribution >= 0.6 is 11.6 Å². The molecule has 1 N–H and O–H groups in total. The van der Waals surface area contributed by atoms with Crippen molar-refractivity contribution in [1.82, 2.24) is 19.8 Å². The summed E-state index contributed by atoms with van der Waals surface area (Å²) in [6.07, 6.45) is 0.516. The molecule has 0 aliphatic carbocycles. The number of halogens is 1. The fraction of sp³-hybridized carbons (Fsp3) is 0.423. The number of amides is 2. The molecule has 0 aliphatic heterocycles. The first-order chi connectivity index (χ1) is 15.7. The summed E-state index contributed by atoms with van der Waals surface area (Å²) < 4.78 is 1.98. The van der Waals surface area contributed by atoms with Crippen molar-refractivity contribution < 1.29 is 9.59 Å². The molecule has 0 atom stereocenters. The highest BCUT2D eigenvalue weighted by atomic mass is 35.5. The van der Waals surface area contributed by atoms with E-state index in [9.17, 15) is 9.59 Å². The zero-order chi connectivity index (χ0) is 24.0. The summed E-state index contributed by atoms with van der Waals surface area (Å²) in [5, 5.41) is 3.45. The summed E-state index contributed by atoms with van der Waals surface area (Å²) in [4.78, 5) is 32.4. The average Bonchev–Trinajstić information content (AvgIpc) is 3.10. The highest BCUT2D eigenvalue weighted by Crippen LogP contribution is 2.18. The minimum absolute atomic E-state index is 0.0877. The van der Waals surface area contributed by atoms with Crippen molar-refractivity contribution in [2.75, 3.05) is 19.6 Å². The maximum Gasteiger partial charge on any atom is 0.251 e. The Bertz CT molecular complexity index is 1100. The lowest BCUT2D eigenvalue weighted by Crippen LogP contribution is -2.39. The molecule has 6 nitrogen and oxygen atoms in total. The number of nitrogens with one attached hydrogen (secondary N) is 1. The largest absolute Gasteiger partial charge is 0.352 e. The number of carbonyl (C=O) groups is 2. The Morgan fingerprint density at radius 2 is 1.73 bits per heavy atom. The van der Waals surface area contributed by atoms with Gasteiger partial charge in [-0.05, 0) is 42.2 Å². The number of hydrogen-bond acceptors (Lipinski definition) is 3. The number of benzene rings is 2. The van der Waals surface area contributed by atoms with Gasteiger partial charge in [-0.1, -0.05) is 57.5 Å². The number of hydrogen-bond donors (Lipinski definition) is 1. The average molecular weight is 469 g/mol. The van der Waals surface area contributed by atoms with Crippen LogP contribution in [0.2, 0.25) is 5.02 Å². The summed E-state index contributed by atoms with van der Waals surface area (Å²) in [6, 6.07) is 14.7. The van der Waals surface area contributed by atoms with Crippen LogP contribution in [0.15, 0.2) is 48.5 Å². The second-order valence-electron chi connectivity index (χ2n) is 9.21. The number of para-hydroxylation sites is 2. The lowest BCUT2D eigenvalue weighted by molar-refractivity contribution is -0.132. The number of imidazole rings is 1. The number of rotatable bonds is 10. The molecule has 176 valence electrons. The van der Waals surface area contributed by atoms with E-state index in [1.165, 1.54) is 0 Å². The first-order valence-electron chi connectivity index (χ1n) is 11.5. The predicted octanol–water partition coefficient (Wildman–Crippen LogP) is 4.80. The molecule has 0 aliphatic rings. The number of aromatic nitrogens is 2. The van der Waals surface area contributed by atoms with Crippen molar-refractivity contribution in [2.45, 2.75) is 40.7 Å². The topological polar surface area (TPSA) is 67.2 Å². The molecule has 0 saturated carbocycles. The highest BCUT2D eigenvalue weighted by Gasteiger charge is 2.20. The van der Waals surface area contributed by atoms with Gasteiger partial charge in [-0.2, -0.15) is 0 Å². The van der Waals surface area contributed by atoms with Gasteiger partial charge in [0.25, 0.3) is 5.91 Å². The summed E-state index contributed by atoms with van der Waals surface area (Å²) in [5.41, 5.74) is 2.29. The summed E-state index contributed by atoms with van der Waals surface area (Å²) in [7, 11) is 0. The van der Waals surface area contributed by atoms with Crippen molar-refractivity contribution >= 4 is 34.4 Å². The van der Waals surface area contributed by atoms with E-state index < -0.39 is 0 Å². The van der Waals surface area contributed by atoms with Crippen molar-refractivity contribution in [3.63, 3.8) is 0 Å². The van der Waals surface area contributed by atoms with Gasteiger partial charge in [0, 0.05) is 36.6 Å². The Kier molecular flexibility index (Phi) is 8.50. The lowest BCUT2D eigenvalue weighted by Gasteiger charge is -2.27. The molecular formula is C26H33ClN4O2. The molecule has 2 amide bonds. The van der Waals surface area contributed by atoms with Crippen LogP contribution in [-0.4, -0.2) is 45.9 Å². The highest BCUT2D eigenvalue weighted by molar-refractivity contribution is 6.30. The molecule has 2 aromatic carbocycles. The third-order valence-corrected chi connectivity index (χ3v) is 5.51. The first-order valence-corrected chi connectivity index (χ1v) is 11.9. The van der Waals surface area contributed by atoms with E-state index in [-0.39, 0.29) is 18.4 Å². The summed E-state index contributed by atoms with van der Waals surface area (Å²) in [6.45, 7) is 10.6. The Hall–Kier alpha value is -2.86. The van der Waals surface area contributed by atoms with Gasteiger partial charge in [-0.15, -0.1) is 0 Å². The Labute approximate surface area is 200 Å². The second kappa shape index (κ2) is 11.3. The molecule has 0 bridgehead atoms. The van der Waals surface area contributed by atoms with Gasteiger partial charge in [0.2, 0.25) is 5.91 Å². The quantitative estimate of drug-likeness (QED) is 0.464. The van der Waals surface area contributed by atoms with E-state index >= 15 is 0 Å². The standard InChI is InChI=1S/C26H33ClN4O2/c1-18(2)15-30(16-19(3)4)25(32)17-31-23-11-6-5-10-22(23)29-24(31)12-13-28-26(33)20-8-7-9-21(27)14-20/h5-11,14,18-19H,12-13,15-17H2,1-4H3,(H,28,33). The van der Waals surface area contributed by atoms with Gasteiger partial charge in [0.05, 0.1) is 11.0 Å². The molecule has 33 heavy (non-hydrogen) atoms. The van der Waals surface area contributed by atoms with Crippen LogP contribution in [0.5, 0.6) is 0 Å². The van der Waals surface area contributed by atoms with Crippen LogP contribution in [0.3, 0.4) is 0 Å². The smallest absolute Gasteiger partial charge is 0.251 e. The molecule has 0 unspecified atom stereocenters. The Balaban J connectivity index is 1.76. The van der Waals surface area contributed by atoms with Crippen molar-refractivity contribution in [3.8, 4) is 0 Å². The molecule has 0 fully saturated rings. The van der Waals surface area contributed by atoms with Gasteiger partial charge >= 0.3 is 0 Å². The first kappa shape index (κ1) is 24.8. The van der Waals surface area contributed by atoms with Crippen LogP contribution in [-0.2, 0) is 17.8 Å². The van der Waals surface area contributed by atoms with E-state index in [0.717, 1.165) is 29.9 Å². The van der Waals surface area contributed by atoms with Crippen LogP contribution in [0, 0.1) is 11.8 Å². The molecule has 7 heteroatoms. The zero-order valence-electron chi connectivity index (χ0n) is 19.8. The molecule has 0 radical (unpaired) electrons. The molecule has 1 heterocycles. The van der Waals surface area contributed by atoms with E-state index in [2.05, 4.69) is 33.0 Å². The van der Waals surface area contributed by atoms with Crippen molar-refractivity contribution in [2.24, 2.45) is 11.8 Å². The van der Waals surface area contributed by atoms with Crippen molar-refractivity contribution in [1.29, 1.82) is 0 Å². The number of carbonyl (C=O) groups excluding carboxylic acids is 2. The van der Waals surface area contributed by atoms with Crippen LogP contribution < -0.4 is 5.32 Å². The van der Waals surface area contributed by atoms with Crippen LogP contribution in [0.25, 0.3) is 11.0 Å². The molecule has 1 aromatic heterocycles. The normalized spacial score (nSPS) is 11.4. The number of nitrogens with zero attached hydrogens (tertiary/aromatic N) is 3. The third-order valence-electron chi connectivity index (χ3n) is 5.27. The molecule has 3 aromatic rings. The van der Waals surface area contributed by atoms with Crippen LogP contribution in [0.1, 0.15) is 43.9 Å². The van der Waals surface area contributed by atoms with Gasteiger partial charge in [0.15, 0.2) is 0 Å². The Morgan fingerprint density at radius 3 is 2.39 bits per heavy atom. The molecule has 0 spiro atoms.